The molecule has 6 nitrogen and oxygen atoms in total. The van der Waals surface area contributed by atoms with Gasteiger partial charge in [0.15, 0.2) is 0 Å². The third-order valence-electron chi connectivity index (χ3n) is 6.55. The molecule has 1 aromatic heterocycles. The summed E-state index contributed by atoms with van der Waals surface area (Å²) in [5.41, 5.74) is 9.70. The van der Waals surface area contributed by atoms with Gasteiger partial charge in [-0.1, -0.05) is 81.4 Å². The number of rotatable bonds is 9. The van der Waals surface area contributed by atoms with E-state index in [9.17, 15) is 10.1 Å². The van der Waals surface area contributed by atoms with Crippen molar-refractivity contribution in [2.75, 3.05) is 13.1 Å². The maximum absolute atomic E-state index is 14.0. The number of benzene rings is 3. The number of carbonyl (C=O) groups excluding carboxylic acids is 1. The van der Waals surface area contributed by atoms with Crippen LogP contribution in [0, 0.1) is 16.7 Å². The Morgan fingerprint density at radius 1 is 1.03 bits per heavy atom. The first-order valence-electron chi connectivity index (χ1n) is 13.0. The van der Waals surface area contributed by atoms with Gasteiger partial charge in [0.2, 0.25) is 0 Å². The zero-order chi connectivity index (χ0) is 27.1. The maximum Gasteiger partial charge on any atom is 0.254 e. The molecule has 0 fully saturated rings. The lowest BCUT2D eigenvalue weighted by Gasteiger charge is -2.40. The van der Waals surface area contributed by atoms with Crippen molar-refractivity contribution in [1.82, 2.24) is 14.5 Å². The molecule has 4 aromatic rings. The molecule has 0 saturated carbocycles. The van der Waals surface area contributed by atoms with E-state index in [-0.39, 0.29) is 17.4 Å². The average molecular weight is 506 g/mol. The lowest BCUT2D eigenvalue weighted by molar-refractivity contribution is 0.0482. The Bertz CT molecular complexity index is 1400. The molecular formula is C32H35N5O. The zero-order valence-corrected chi connectivity index (χ0v) is 22.3. The number of amides is 1. The van der Waals surface area contributed by atoms with Gasteiger partial charge in [-0.3, -0.25) is 4.79 Å². The minimum Gasteiger partial charge on any atom is -0.330 e. The van der Waals surface area contributed by atoms with Crippen molar-refractivity contribution >= 4 is 5.91 Å². The van der Waals surface area contributed by atoms with Gasteiger partial charge in [0, 0.05) is 30.4 Å². The van der Waals surface area contributed by atoms with Crippen LogP contribution in [-0.2, 0) is 6.54 Å². The molecule has 38 heavy (non-hydrogen) atoms. The number of nitrogens with zero attached hydrogens (tertiary/aromatic N) is 4. The van der Waals surface area contributed by atoms with Crippen LogP contribution in [-0.4, -0.2) is 33.4 Å². The van der Waals surface area contributed by atoms with Crippen LogP contribution in [0.4, 0.5) is 0 Å². The van der Waals surface area contributed by atoms with Gasteiger partial charge < -0.3 is 15.2 Å². The topological polar surface area (TPSA) is 87.9 Å². The number of carbonyl (C=O) groups is 1. The standard InChI is InChI=1S/C32H35N5O/c1-32(2,3)29(37(19-11-18-33)31(38)27-16-8-5-9-17-27)30-35-28(26-14-6-4-7-15-26)23-36(30)22-25-13-10-12-24(20-25)21-34/h4-10,12-17,20,23,29H,11,18-19,22,33H2,1-3H3. The minimum atomic E-state index is -0.329. The number of aromatic nitrogens is 2. The van der Waals surface area contributed by atoms with Crippen molar-refractivity contribution in [3.05, 3.63) is 114 Å². The second-order valence-electron chi connectivity index (χ2n) is 10.6. The van der Waals surface area contributed by atoms with Crippen LogP contribution in [0.1, 0.15) is 60.5 Å². The van der Waals surface area contributed by atoms with Gasteiger partial charge >= 0.3 is 0 Å². The molecular weight excluding hydrogens is 470 g/mol. The molecule has 1 atom stereocenters. The van der Waals surface area contributed by atoms with Gasteiger partial charge in [-0.2, -0.15) is 5.26 Å². The van der Waals surface area contributed by atoms with E-state index in [1.807, 2.05) is 83.8 Å². The summed E-state index contributed by atoms with van der Waals surface area (Å²) in [7, 11) is 0. The predicted octanol–water partition coefficient (Wildman–Crippen LogP) is 6.05. The molecule has 0 saturated heterocycles. The molecule has 0 aliphatic carbocycles. The summed E-state index contributed by atoms with van der Waals surface area (Å²) in [5, 5.41) is 9.43. The Morgan fingerprint density at radius 2 is 1.71 bits per heavy atom. The van der Waals surface area contributed by atoms with Gasteiger partial charge in [-0.15, -0.1) is 0 Å². The van der Waals surface area contributed by atoms with E-state index in [0.717, 1.165) is 22.6 Å². The van der Waals surface area contributed by atoms with Crippen molar-refractivity contribution < 1.29 is 4.79 Å². The average Bonchev–Trinajstić information content (AvgIpc) is 3.33. The fourth-order valence-electron chi connectivity index (χ4n) is 4.81. The van der Waals surface area contributed by atoms with Crippen LogP contribution in [0.2, 0.25) is 0 Å². The highest BCUT2D eigenvalue weighted by Gasteiger charge is 2.38. The second-order valence-corrected chi connectivity index (χ2v) is 10.6. The van der Waals surface area contributed by atoms with Gasteiger partial charge in [0.1, 0.15) is 5.82 Å². The smallest absolute Gasteiger partial charge is 0.254 e. The lowest BCUT2D eigenvalue weighted by Crippen LogP contribution is -2.43. The van der Waals surface area contributed by atoms with Crippen molar-refractivity contribution in [3.63, 3.8) is 0 Å². The molecule has 3 aromatic carbocycles. The zero-order valence-electron chi connectivity index (χ0n) is 22.3. The highest BCUT2D eigenvalue weighted by molar-refractivity contribution is 5.94. The number of nitriles is 1. The Morgan fingerprint density at radius 3 is 2.34 bits per heavy atom. The largest absolute Gasteiger partial charge is 0.330 e. The van der Waals surface area contributed by atoms with Crippen molar-refractivity contribution in [3.8, 4) is 17.3 Å². The molecule has 0 spiro atoms. The second kappa shape index (κ2) is 11.9. The third-order valence-corrected chi connectivity index (χ3v) is 6.55. The monoisotopic (exact) mass is 505 g/mol. The molecule has 1 unspecified atom stereocenters. The van der Waals surface area contributed by atoms with E-state index in [1.54, 1.807) is 6.07 Å². The Kier molecular flexibility index (Phi) is 8.40. The highest BCUT2D eigenvalue weighted by atomic mass is 16.2. The van der Waals surface area contributed by atoms with E-state index in [4.69, 9.17) is 10.7 Å². The molecule has 0 aliphatic heterocycles. The summed E-state index contributed by atoms with van der Waals surface area (Å²) < 4.78 is 2.13. The van der Waals surface area contributed by atoms with E-state index < -0.39 is 0 Å². The predicted molar refractivity (Wildman–Crippen MR) is 151 cm³/mol. The minimum absolute atomic E-state index is 0.0405. The third kappa shape index (κ3) is 6.19. The Labute approximate surface area is 225 Å². The van der Waals surface area contributed by atoms with Gasteiger partial charge in [-0.05, 0) is 48.2 Å². The lowest BCUT2D eigenvalue weighted by atomic mass is 9.84. The summed E-state index contributed by atoms with van der Waals surface area (Å²) in [5.74, 6) is 0.765. The number of hydrogen-bond acceptors (Lipinski definition) is 4. The SMILES string of the molecule is CC(C)(C)C(c1nc(-c2ccccc2)cn1Cc1cccc(C#N)c1)N(CCCN)C(=O)c1ccccc1. The summed E-state index contributed by atoms with van der Waals surface area (Å²) in [6.07, 6.45) is 2.73. The molecule has 0 bridgehead atoms. The van der Waals surface area contributed by atoms with Crippen LogP contribution in [0.5, 0.6) is 0 Å². The summed E-state index contributed by atoms with van der Waals surface area (Å²) in [6.45, 7) is 7.96. The first kappa shape index (κ1) is 26.8. The summed E-state index contributed by atoms with van der Waals surface area (Å²) >= 11 is 0. The molecule has 1 amide bonds. The molecule has 0 radical (unpaired) electrons. The van der Waals surface area contributed by atoms with E-state index >= 15 is 0 Å². The quantitative estimate of drug-likeness (QED) is 0.300. The number of imidazole rings is 1. The Balaban J connectivity index is 1.87. The van der Waals surface area contributed by atoms with Crippen molar-refractivity contribution in [2.24, 2.45) is 11.1 Å². The van der Waals surface area contributed by atoms with Crippen LogP contribution in [0.15, 0.2) is 91.1 Å². The first-order chi connectivity index (χ1) is 18.3. The number of hydrogen-bond donors (Lipinski definition) is 1. The van der Waals surface area contributed by atoms with Gasteiger partial charge in [-0.25, -0.2) is 4.98 Å². The molecule has 194 valence electrons. The fourth-order valence-corrected chi connectivity index (χ4v) is 4.81. The maximum atomic E-state index is 14.0. The first-order valence-corrected chi connectivity index (χ1v) is 13.0. The fraction of sp³-hybridized carbons (Fsp3) is 0.281. The normalized spacial score (nSPS) is 12.1. The van der Waals surface area contributed by atoms with Gasteiger partial charge in [0.25, 0.3) is 5.91 Å². The number of nitrogens with two attached hydrogens (primary N) is 1. The van der Waals surface area contributed by atoms with Crippen LogP contribution in [0.25, 0.3) is 11.3 Å². The van der Waals surface area contributed by atoms with Crippen molar-refractivity contribution in [2.45, 2.75) is 39.8 Å². The molecule has 0 aliphatic rings. The van der Waals surface area contributed by atoms with Crippen molar-refractivity contribution in [1.29, 1.82) is 5.26 Å². The van der Waals surface area contributed by atoms with E-state index in [0.29, 0.717) is 37.2 Å². The Hall–Kier alpha value is -4.21. The highest BCUT2D eigenvalue weighted by Crippen LogP contribution is 2.40. The van der Waals surface area contributed by atoms with E-state index in [1.165, 1.54) is 0 Å². The van der Waals surface area contributed by atoms with Crippen LogP contribution >= 0.6 is 0 Å². The molecule has 2 N–H and O–H groups in total. The van der Waals surface area contributed by atoms with Gasteiger partial charge in [0.05, 0.1) is 23.4 Å². The van der Waals surface area contributed by atoms with E-state index in [2.05, 4.69) is 37.6 Å². The van der Waals surface area contributed by atoms with Crippen LogP contribution in [0.3, 0.4) is 0 Å². The van der Waals surface area contributed by atoms with Crippen LogP contribution < -0.4 is 5.73 Å². The summed E-state index contributed by atoms with van der Waals surface area (Å²) in [4.78, 5) is 21.1. The molecule has 1 heterocycles. The molecule has 6 heteroatoms. The summed E-state index contributed by atoms with van der Waals surface area (Å²) in [6, 6.07) is 29.0. The molecule has 4 rings (SSSR count).